The van der Waals surface area contributed by atoms with Crippen LogP contribution in [0.25, 0.3) is 21.8 Å². The number of para-hydroxylation sites is 1. The van der Waals surface area contributed by atoms with Gasteiger partial charge in [0.15, 0.2) is 0 Å². The second-order valence-corrected chi connectivity index (χ2v) is 6.79. The Morgan fingerprint density at radius 1 is 1.10 bits per heavy atom. The summed E-state index contributed by atoms with van der Waals surface area (Å²) >= 11 is 0. The maximum Gasteiger partial charge on any atom is 0.291 e. The lowest BCUT2D eigenvalue weighted by Gasteiger charge is -2.09. The number of amides is 1. The molecule has 0 saturated carbocycles. The minimum atomic E-state index is -0.224. The van der Waals surface area contributed by atoms with Gasteiger partial charge in [0.25, 0.3) is 5.56 Å². The van der Waals surface area contributed by atoms with Crippen LogP contribution in [0, 0.1) is 0 Å². The zero-order valence-electron chi connectivity index (χ0n) is 16.4. The molecule has 0 aliphatic heterocycles. The number of hydrogen-bond acceptors (Lipinski definition) is 4. The number of fused-ring (bicyclic) bond motifs is 3. The first-order valence-corrected chi connectivity index (χ1v) is 9.50. The van der Waals surface area contributed by atoms with Crippen LogP contribution in [-0.2, 0) is 24.9 Å². The van der Waals surface area contributed by atoms with Crippen LogP contribution in [0.15, 0.2) is 59.5 Å². The monoisotopic (exact) mass is 390 g/mol. The summed E-state index contributed by atoms with van der Waals surface area (Å²) in [4.78, 5) is 25.4. The maximum atomic E-state index is 12.7. The Morgan fingerprint density at radius 3 is 2.62 bits per heavy atom. The average Bonchev–Trinajstić information content (AvgIpc) is 3.05. The van der Waals surface area contributed by atoms with Gasteiger partial charge in [-0.2, -0.15) is 5.10 Å². The fraction of sp³-hybridized carbons (Fsp3) is 0.227. The number of carbonyl (C=O) groups excluding carboxylic acids is 1. The molecule has 0 saturated heterocycles. The summed E-state index contributed by atoms with van der Waals surface area (Å²) in [6.07, 6.45) is 1.67. The molecule has 0 radical (unpaired) electrons. The van der Waals surface area contributed by atoms with E-state index >= 15 is 0 Å². The number of aromatic nitrogens is 3. The molecule has 2 aromatic heterocycles. The van der Waals surface area contributed by atoms with Gasteiger partial charge in [-0.15, -0.1) is 0 Å². The maximum absolute atomic E-state index is 12.7. The Hall–Kier alpha value is -3.61. The molecule has 29 heavy (non-hydrogen) atoms. The van der Waals surface area contributed by atoms with Crippen LogP contribution in [0.3, 0.4) is 0 Å². The number of carbonyl (C=O) groups is 1. The number of benzene rings is 2. The van der Waals surface area contributed by atoms with Gasteiger partial charge in [0.2, 0.25) is 5.91 Å². The van der Waals surface area contributed by atoms with Crippen LogP contribution in [-0.4, -0.2) is 26.9 Å². The molecular weight excluding hydrogens is 368 g/mol. The van der Waals surface area contributed by atoms with Crippen molar-refractivity contribution in [3.8, 4) is 5.75 Å². The molecule has 0 unspecified atom stereocenters. The Balaban J connectivity index is 1.59. The first-order valence-electron chi connectivity index (χ1n) is 9.50. The lowest BCUT2D eigenvalue weighted by molar-refractivity contribution is -0.121. The Labute approximate surface area is 167 Å². The van der Waals surface area contributed by atoms with Crippen LogP contribution in [0.2, 0.25) is 0 Å². The van der Waals surface area contributed by atoms with E-state index in [-0.39, 0.29) is 18.0 Å². The molecule has 148 valence electrons. The van der Waals surface area contributed by atoms with Gasteiger partial charge in [0, 0.05) is 29.9 Å². The molecule has 1 amide bonds. The fourth-order valence-corrected chi connectivity index (χ4v) is 3.48. The summed E-state index contributed by atoms with van der Waals surface area (Å²) in [6, 6.07) is 15.3. The van der Waals surface area contributed by atoms with E-state index in [0.29, 0.717) is 18.7 Å². The Kier molecular flexibility index (Phi) is 5.03. The molecule has 2 heterocycles. The van der Waals surface area contributed by atoms with Gasteiger partial charge in [0.05, 0.1) is 12.8 Å². The van der Waals surface area contributed by atoms with Gasteiger partial charge < -0.3 is 14.6 Å². The van der Waals surface area contributed by atoms with E-state index in [4.69, 9.17) is 4.74 Å². The van der Waals surface area contributed by atoms with Crippen molar-refractivity contribution in [2.75, 3.05) is 6.61 Å². The average molecular weight is 390 g/mol. The van der Waals surface area contributed by atoms with Gasteiger partial charge in [0.1, 0.15) is 17.8 Å². The summed E-state index contributed by atoms with van der Waals surface area (Å²) in [7, 11) is 1.61. The van der Waals surface area contributed by atoms with Crippen molar-refractivity contribution in [1.29, 1.82) is 0 Å². The second-order valence-electron chi connectivity index (χ2n) is 6.79. The zero-order valence-corrected chi connectivity index (χ0v) is 16.4. The first kappa shape index (κ1) is 18.7. The topological polar surface area (TPSA) is 78.2 Å². The molecule has 0 aliphatic rings. The number of rotatable bonds is 6. The van der Waals surface area contributed by atoms with Gasteiger partial charge >= 0.3 is 0 Å². The molecule has 7 heteroatoms. The van der Waals surface area contributed by atoms with Crippen molar-refractivity contribution in [2.24, 2.45) is 7.05 Å². The van der Waals surface area contributed by atoms with E-state index in [2.05, 4.69) is 10.4 Å². The summed E-state index contributed by atoms with van der Waals surface area (Å²) in [5, 5.41) is 8.71. The number of hydrogen-bond donors (Lipinski definition) is 1. The van der Waals surface area contributed by atoms with E-state index in [1.54, 1.807) is 17.8 Å². The number of aryl methyl sites for hydroxylation is 1. The van der Waals surface area contributed by atoms with Gasteiger partial charge in [-0.25, -0.2) is 4.68 Å². The largest absolute Gasteiger partial charge is 0.494 e. The third-order valence-corrected chi connectivity index (χ3v) is 4.89. The van der Waals surface area contributed by atoms with Crippen LogP contribution in [0.5, 0.6) is 5.75 Å². The molecule has 0 aliphatic carbocycles. The van der Waals surface area contributed by atoms with E-state index in [1.807, 2.05) is 55.5 Å². The van der Waals surface area contributed by atoms with E-state index in [9.17, 15) is 9.59 Å². The van der Waals surface area contributed by atoms with E-state index < -0.39 is 0 Å². The Morgan fingerprint density at radius 2 is 1.86 bits per heavy atom. The third kappa shape index (κ3) is 3.59. The highest BCUT2D eigenvalue weighted by molar-refractivity contribution is 6.07. The van der Waals surface area contributed by atoms with E-state index in [1.165, 1.54) is 4.68 Å². The minimum absolute atomic E-state index is 0.0558. The van der Waals surface area contributed by atoms with Crippen molar-refractivity contribution >= 4 is 27.7 Å². The summed E-state index contributed by atoms with van der Waals surface area (Å²) < 4.78 is 8.49. The molecule has 1 N–H and O–H groups in total. The summed E-state index contributed by atoms with van der Waals surface area (Å²) in [6.45, 7) is 3.01. The summed E-state index contributed by atoms with van der Waals surface area (Å²) in [5.41, 5.74) is 2.07. The molecular formula is C22H22N4O3. The lowest BCUT2D eigenvalue weighted by atomic mass is 10.2. The highest BCUT2D eigenvalue weighted by Gasteiger charge is 2.16. The van der Waals surface area contributed by atoms with E-state index in [0.717, 1.165) is 27.6 Å². The lowest BCUT2D eigenvalue weighted by Crippen LogP contribution is -2.29. The quantitative estimate of drug-likeness (QED) is 0.549. The van der Waals surface area contributed by atoms with Crippen LogP contribution in [0.1, 0.15) is 12.5 Å². The number of nitrogens with zero attached hydrogens (tertiary/aromatic N) is 3. The number of nitrogens with one attached hydrogen (secondary N) is 1. The second kappa shape index (κ2) is 7.79. The first-order chi connectivity index (χ1) is 14.1. The molecule has 4 rings (SSSR count). The highest BCUT2D eigenvalue weighted by Crippen LogP contribution is 2.26. The smallest absolute Gasteiger partial charge is 0.291 e. The van der Waals surface area contributed by atoms with Crippen LogP contribution >= 0.6 is 0 Å². The molecule has 2 aromatic carbocycles. The normalized spacial score (nSPS) is 11.1. The number of ether oxygens (including phenoxy) is 1. The SMILES string of the molecule is CCOc1ccc(CNC(=O)Cn2c3ccccc3c3cnn(C)c(=O)c32)cc1. The highest BCUT2D eigenvalue weighted by atomic mass is 16.5. The Bertz CT molecular complexity index is 1240. The molecule has 7 nitrogen and oxygen atoms in total. The van der Waals surface area contributed by atoms with Crippen molar-refractivity contribution in [2.45, 2.75) is 20.0 Å². The van der Waals surface area contributed by atoms with Crippen LogP contribution < -0.4 is 15.6 Å². The van der Waals surface area contributed by atoms with Crippen molar-refractivity contribution < 1.29 is 9.53 Å². The minimum Gasteiger partial charge on any atom is -0.494 e. The molecule has 0 bridgehead atoms. The standard InChI is InChI=1S/C22H22N4O3/c1-3-29-16-10-8-15(9-11-16)12-23-20(27)14-26-19-7-5-4-6-17(19)18-13-24-25(2)22(28)21(18)26/h4-11,13H,3,12,14H2,1-2H3,(H,23,27). The molecule has 0 spiro atoms. The van der Waals surface area contributed by atoms with Gasteiger partial charge in [-0.3, -0.25) is 9.59 Å². The fourth-order valence-electron chi connectivity index (χ4n) is 3.48. The van der Waals surface area contributed by atoms with Crippen molar-refractivity contribution in [1.82, 2.24) is 19.7 Å². The third-order valence-electron chi connectivity index (χ3n) is 4.89. The van der Waals surface area contributed by atoms with Gasteiger partial charge in [-0.1, -0.05) is 30.3 Å². The van der Waals surface area contributed by atoms with Gasteiger partial charge in [-0.05, 0) is 30.7 Å². The molecule has 0 atom stereocenters. The predicted octanol–water partition coefficient (Wildman–Crippen LogP) is 2.60. The molecule has 0 fully saturated rings. The van der Waals surface area contributed by atoms with Crippen molar-refractivity contribution in [3.63, 3.8) is 0 Å². The predicted molar refractivity (Wildman–Crippen MR) is 112 cm³/mol. The van der Waals surface area contributed by atoms with Crippen LogP contribution in [0.4, 0.5) is 0 Å². The van der Waals surface area contributed by atoms with Crippen molar-refractivity contribution in [3.05, 3.63) is 70.6 Å². The summed E-state index contributed by atoms with van der Waals surface area (Å²) in [5.74, 6) is 0.637. The molecule has 4 aromatic rings. The zero-order chi connectivity index (χ0) is 20.4.